The minimum absolute atomic E-state index is 0.321. The van der Waals surface area contributed by atoms with Crippen molar-refractivity contribution in [3.05, 3.63) is 87.5 Å². The molecule has 1 N–H and O–H groups in total. The highest BCUT2D eigenvalue weighted by Crippen LogP contribution is 2.22. The van der Waals surface area contributed by atoms with E-state index in [9.17, 15) is 4.79 Å². The summed E-state index contributed by atoms with van der Waals surface area (Å²) >= 11 is 11.8. The van der Waals surface area contributed by atoms with Gasteiger partial charge in [0.15, 0.2) is 0 Å². The second-order valence-electron chi connectivity index (χ2n) is 5.59. The molecule has 1 amide bonds. The lowest BCUT2D eigenvalue weighted by atomic mass is 10.1. The van der Waals surface area contributed by atoms with Gasteiger partial charge >= 0.3 is 0 Å². The highest BCUT2D eigenvalue weighted by molar-refractivity contribution is 6.31. The Morgan fingerprint density at radius 3 is 2.50 bits per heavy atom. The number of carbonyl (C=O) groups excluding carboxylic acids is 1. The Hall–Kier alpha value is -2.69. The topological polar surface area (TPSA) is 54.4 Å². The third-order valence-electron chi connectivity index (χ3n) is 3.70. The van der Waals surface area contributed by atoms with Gasteiger partial charge in [0.05, 0.1) is 23.2 Å². The lowest BCUT2D eigenvalue weighted by molar-refractivity contribution is 0.0954. The van der Waals surface area contributed by atoms with Gasteiger partial charge in [0.1, 0.15) is 0 Å². The molecule has 3 rings (SSSR count). The van der Waals surface area contributed by atoms with E-state index in [0.29, 0.717) is 21.3 Å². The lowest BCUT2D eigenvalue weighted by Crippen LogP contribution is -2.19. The van der Waals surface area contributed by atoms with Crippen LogP contribution in [-0.4, -0.2) is 17.1 Å². The van der Waals surface area contributed by atoms with Crippen molar-refractivity contribution in [2.24, 2.45) is 5.10 Å². The number of pyridine rings is 1. The maximum atomic E-state index is 12.3. The Bertz CT molecular complexity index is 969. The van der Waals surface area contributed by atoms with Gasteiger partial charge < -0.3 is 0 Å². The van der Waals surface area contributed by atoms with E-state index in [4.69, 9.17) is 23.2 Å². The third-order valence-corrected chi connectivity index (χ3v) is 4.19. The zero-order valence-electron chi connectivity index (χ0n) is 13.9. The molecule has 26 heavy (non-hydrogen) atoms. The van der Waals surface area contributed by atoms with Crippen LogP contribution in [0.2, 0.25) is 10.0 Å². The molecule has 0 aliphatic carbocycles. The fraction of sp³-hybridized carbons (Fsp3) is 0.0500. The predicted molar refractivity (Wildman–Crippen MR) is 106 cm³/mol. The minimum atomic E-state index is -0.321. The first-order valence-electron chi connectivity index (χ1n) is 7.85. The molecule has 6 heteroatoms. The first-order valence-corrected chi connectivity index (χ1v) is 8.61. The van der Waals surface area contributed by atoms with Crippen LogP contribution in [0.15, 0.2) is 65.8 Å². The maximum Gasteiger partial charge on any atom is 0.273 e. The van der Waals surface area contributed by atoms with E-state index in [1.165, 1.54) is 0 Å². The van der Waals surface area contributed by atoms with E-state index in [0.717, 1.165) is 16.8 Å². The number of benzene rings is 2. The van der Waals surface area contributed by atoms with Gasteiger partial charge in [0, 0.05) is 15.6 Å². The summed E-state index contributed by atoms with van der Waals surface area (Å²) in [4.78, 5) is 16.8. The summed E-state index contributed by atoms with van der Waals surface area (Å²) in [5.74, 6) is -0.321. The molecule has 0 aliphatic heterocycles. The summed E-state index contributed by atoms with van der Waals surface area (Å²) in [5.41, 5.74) is 6.07. The van der Waals surface area contributed by atoms with Crippen molar-refractivity contribution in [3.8, 4) is 11.3 Å². The van der Waals surface area contributed by atoms with Crippen LogP contribution in [-0.2, 0) is 0 Å². The molecule has 1 aromatic heterocycles. The number of hydrogen-bond donors (Lipinski definition) is 1. The van der Waals surface area contributed by atoms with Crippen molar-refractivity contribution < 1.29 is 4.79 Å². The minimum Gasteiger partial charge on any atom is -0.267 e. The zero-order chi connectivity index (χ0) is 18.5. The molecule has 3 aromatic rings. The van der Waals surface area contributed by atoms with E-state index in [2.05, 4.69) is 15.5 Å². The number of rotatable bonds is 4. The van der Waals surface area contributed by atoms with Gasteiger partial charge in [0.2, 0.25) is 0 Å². The van der Waals surface area contributed by atoms with Crippen LogP contribution in [0.1, 0.15) is 21.6 Å². The number of halogens is 2. The Balaban J connectivity index is 1.72. The van der Waals surface area contributed by atoms with E-state index in [-0.39, 0.29) is 5.91 Å². The Labute approximate surface area is 161 Å². The molecule has 0 fully saturated rings. The molecule has 0 aliphatic rings. The van der Waals surface area contributed by atoms with Crippen LogP contribution in [0.4, 0.5) is 0 Å². The molecular weight excluding hydrogens is 369 g/mol. The number of aryl methyl sites for hydroxylation is 1. The van der Waals surface area contributed by atoms with Crippen LogP contribution in [0, 0.1) is 6.92 Å². The quantitative estimate of drug-likeness (QED) is 0.501. The van der Waals surface area contributed by atoms with Crippen molar-refractivity contribution in [1.29, 1.82) is 0 Å². The van der Waals surface area contributed by atoms with Crippen LogP contribution in [0.5, 0.6) is 0 Å². The van der Waals surface area contributed by atoms with Crippen LogP contribution < -0.4 is 5.43 Å². The molecule has 130 valence electrons. The predicted octanol–water partition coefficient (Wildman–Crippen LogP) is 5.13. The average molecular weight is 384 g/mol. The molecule has 0 saturated carbocycles. The molecule has 4 nitrogen and oxygen atoms in total. The van der Waals surface area contributed by atoms with Crippen molar-refractivity contribution in [1.82, 2.24) is 10.4 Å². The number of carbonyl (C=O) groups is 1. The molecule has 0 radical (unpaired) electrons. The summed E-state index contributed by atoms with van der Waals surface area (Å²) in [6.07, 6.45) is 1.55. The number of hydrogen-bond acceptors (Lipinski definition) is 3. The third kappa shape index (κ3) is 4.48. The average Bonchev–Trinajstić information content (AvgIpc) is 2.63. The van der Waals surface area contributed by atoms with E-state index < -0.39 is 0 Å². The number of amides is 1. The maximum absolute atomic E-state index is 12.3. The van der Waals surface area contributed by atoms with Gasteiger partial charge in [-0.2, -0.15) is 5.10 Å². The second-order valence-corrected chi connectivity index (χ2v) is 6.46. The highest BCUT2D eigenvalue weighted by Gasteiger charge is 2.11. The fourth-order valence-corrected chi connectivity index (χ4v) is 2.70. The van der Waals surface area contributed by atoms with Crippen LogP contribution in [0.25, 0.3) is 11.3 Å². The Morgan fingerprint density at radius 1 is 1.04 bits per heavy atom. The van der Waals surface area contributed by atoms with Gasteiger partial charge in [-0.1, -0.05) is 47.5 Å². The lowest BCUT2D eigenvalue weighted by Gasteiger charge is -2.07. The zero-order valence-corrected chi connectivity index (χ0v) is 15.4. The van der Waals surface area contributed by atoms with Gasteiger partial charge in [-0.05, 0) is 48.9 Å². The van der Waals surface area contributed by atoms with Gasteiger partial charge in [-0.3, -0.25) is 9.78 Å². The summed E-state index contributed by atoms with van der Waals surface area (Å²) < 4.78 is 0. The van der Waals surface area contributed by atoms with Gasteiger partial charge in [0.25, 0.3) is 5.91 Å². The molecule has 0 atom stereocenters. The van der Waals surface area contributed by atoms with Gasteiger partial charge in [-0.25, -0.2) is 5.43 Å². The standard InChI is InChI=1S/C20H15Cl2N3O/c1-13-18(9-10-19(24-13)15-3-2-4-17(22)11-15)20(26)25-23-12-14-5-7-16(21)8-6-14/h2-12H,1H3,(H,25,26)/b23-12+. The summed E-state index contributed by atoms with van der Waals surface area (Å²) in [6, 6.07) is 18.1. The largest absolute Gasteiger partial charge is 0.273 e. The van der Waals surface area contributed by atoms with E-state index in [1.807, 2.05) is 30.3 Å². The van der Waals surface area contributed by atoms with Crippen LogP contribution in [0.3, 0.4) is 0 Å². The molecule has 0 spiro atoms. The molecule has 0 saturated heterocycles. The normalized spacial score (nSPS) is 10.9. The monoisotopic (exact) mass is 383 g/mol. The molecule has 1 heterocycles. The van der Waals surface area contributed by atoms with E-state index >= 15 is 0 Å². The number of aromatic nitrogens is 1. The van der Waals surface area contributed by atoms with Crippen molar-refractivity contribution in [2.45, 2.75) is 6.92 Å². The summed E-state index contributed by atoms with van der Waals surface area (Å²) in [7, 11) is 0. The first-order chi connectivity index (χ1) is 12.5. The molecular formula is C20H15Cl2N3O. The van der Waals surface area contributed by atoms with Crippen molar-refractivity contribution in [3.63, 3.8) is 0 Å². The number of hydrazone groups is 1. The fourth-order valence-electron chi connectivity index (χ4n) is 2.38. The SMILES string of the molecule is Cc1nc(-c2cccc(Cl)c2)ccc1C(=O)N/N=C/c1ccc(Cl)cc1. The van der Waals surface area contributed by atoms with E-state index in [1.54, 1.807) is 43.5 Å². The molecule has 0 unspecified atom stereocenters. The summed E-state index contributed by atoms with van der Waals surface area (Å²) in [5, 5.41) is 5.25. The smallest absolute Gasteiger partial charge is 0.267 e. The molecule has 2 aromatic carbocycles. The molecule has 0 bridgehead atoms. The summed E-state index contributed by atoms with van der Waals surface area (Å²) in [6.45, 7) is 1.78. The van der Waals surface area contributed by atoms with Crippen molar-refractivity contribution in [2.75, 3.05) is 0 Å². The first kappa shape index (κ1) is 18.1. The number of nitrogens with one attached hydrogen (secondary N) is 1. The van der Waals surface area contributed by atoms with Gasteiger partial charge in [-0.15, -0.1) is 0 Å². The number of nitrogens with zero attached hydrogens (tertiary/aromatic N) is 2. The second kappa shape index (κ2) is 8.13. The van der Waals surface area contributed by atoms with Crippen LogP contribution >= 0.6 is 23.2 Å². The highest BCUT2D eigenvalue weighted by atomic mass is 35.5. The van der Waals surface area contributed by atoms with Crippen molar-refractivity contribution >= 4 is 35.3 Å². The Kier molecular flexibility index (Phi) is 5.66. The Morgan fingerprint density at radius 2 is 1.81 bits per heavy atom.